The van der Waals surface area contributed by atoms with E-state index in [4.69, 9.17) is 4.74 Å². The molecule has 1 saturated heterocycles. The Balaban J connectivity index is 1.42. The largest absolute Gasteiger partial charge is 0.379 e. The third kappa shape index (κ3) is 4.28. The van der Waals surface area contributed by atoms with E-state index in [1.54, 1.807) is 12.1 Å². The van der Waals surface area contributed by atoms with Crippen molar-refractivity contribution in [1.29, 1.82) is 0 Å². The molecule has 1 aliphatic rings. The van der Waals surface area contributed by atoms with Crippen LogP contribution in [0, 0.1) is 5.82 Å². The Kier molecular flexibility index (Phi) is 5.59. The number of hydrogen-bond donors (Lipinski definition) is 1. The third-order valence-corrected chi connectivity index (χ3v) is 5.12. The first-order valence-electron chi connectivity index (χ1n) is 8.00. The van der Waals surface area contributed by atoms with Crippen molar-refractivity contribution in [2.75, 3.05) is 39.4 Å². The lowest BCUT2D eigenvalue weighted by Gasteiger charge is -2.26. The first-order chi connectivity index (χ1) is 11.2. The minimum absolute atomic E-state index is 0.114. The van der Waals surface area contributed by atoms with E-state index in [-0.39, 0.29) is 11.7 Å². The maximum atomic E-state index is 13.7. The van der Waals surface area contributed by atoms with Gasteiger partial charge in [-0.15, -0.1) is 11.3 Å². The highest BCUT2D eigenvalue weighted by atomic mass is 32.1. The van der Waals surface area contributed by atoms with Crippen LogP contribution in [0.5, 0.6) is 0 Å². The number of carbonyl (C=O) groups is 1. The molecule has 1 aliphatic heterocycles. The summed E-state index contributed by atoms with van der Waals surface area (Å²) in [5.74, 6) is -0.389. The van der Waals surface area contributed by atoms with Crippen LogP contribution in [0.1, 0.15) is 22.5 Å². The molecule has 3 rings (SSSR count). The highest BCUT2D eigenvalue weighted by Gasteiger charge is 2.12. The van der Waals surface area contributed by atoms with Gasteiger partial charge in [0.05, 0.1) is 18.1 Å². The summed E-state index contributed by atoms with van der Waals surface area (Å²) in [6, 6.07) is 6.56. The predicted octanol–water partition coefficient (Wildman–Crippen LogP) is 2.88. The Morgan fingerprint density at radius 2 is 2.13 bits per heavy atom. The summed E-state index contributed by atoms with van der Waals surface area (Å²) in [6.07, 6.45) is 2.00. The van der Waals surface area contributed by atoms with Crippen molar-refractivity contribution in [2.24, 2.45) is 0 Å². The van der Waals surface area contributed by atoms with E-state index in [0.717, 1.165) is 50.4 Å². The minimum atomic E-state index is -0.275. The number of nitrogens with zero attached hydrogens (tertiary/aromatic N) is 1. The molecule has 124 valence electrons. The maximum absolute atomic E-state index is 13.7. The molecule has 0 bridgehead atoms. The van der Waals surface area contributed by atoms with E-state index < -0.39 is 0 Å². The molecule has 0 unspecified atom stereocenters. The molecule has 0 aliphatic carbocycles. The highest BCUT2D eigenvalue weighted by molar-refractivity contribution is 7.20. The molecule has 1 N–H and O–H groups in total. The summed E-state index contributed by atoms with van der Waals surface area (Å²) in [5, 5.41) is 3.45. The number of thiophene rings is 1. The van der Waals surface area contributed by atoms with Gasteiger partial charge in [-0.1, -0.05) is 6.07 Å². The van der Waals surface area contributed by atoms with Gasteiger partial charge in [0.1, 0.15) is 5.82 Å². The van der Waals surface area contributed by atoms with Crippen molar-refractivity contribution < 1.29 is 13.9 Å². The Bertz CT molecular complexity index is 668. The van der Waals surface area contributed by atoms with Gasteiger partial charge in [0.15, 0.2) is 0 Å². The number of unbranched alkanes of at least 4 members (excludes halogenated alkanes) is 1. The normalized spacial score (nSPS) is 15.9. The van der Waals surface area contributed by atoms with E-state index >= 15 is 0 Å². The molecule has 1 aromatic heterocycles. The van der Waals surface area contributed by atoms with Crippen molar-refractivity contribution in [1.82, 2.24) is 10.2 Å². The Labute approximate surface area is 139 Å². The fraction of sp³-hybridized carbons (Fsp3) is 0.471. The Hall–Kier alpha value is -1.50. The number of halogens is 1. The molecular weight excluding hydrogens is 315 g/mol. The second-order valence-corrected chi connectivity index (χ2v) is 6.76. The number of ether oxygens (including phenoxy) is 1. The van der Waals surface area contributed by atoms with Crippen molar-refractivity contribution in [3.63, 3.8) is 0 Å². The van der Waals surface area contributed by atoms with Gasteiger partial charge >= 0.3 is 0 Å². The fourth-order valence-electron chi connectivity index (χ4n) is 2.71. The van der Waals surface area contributed by atoms with Crippen LogP contribution in [0.15, 0.2) is 24.3 Å². The number of nitrogens with one attached hydrogen (secondary N) is 1. The zero-order valence-corrected chi connectivity index (χ0v) is 13.8. The second kappa shape index (κ2) is 7.86. The summed E-state index contributed by atoms with van der Waals surface area (Å²) in [7, 11) is 0. The summed E-state index contributed by atoms with van der Waals surface area (Å²) >= 11 is 1.33. The number of rotatable bonds is 6. The average Bonchev–Trinajstić information content (AvgIpc) is 3.01. The van der Waals surface area contributed by atoms with Crippen LogP contribution in [0.3, 0.4) is 0 Å². The first kappa shape index (κ1) is 16.4. The smallest absolute Gasteiger partial charge is 0.261 e. The number of fused-ring (bicyclic) bond motifs is 1. The average molecular weight is 336 g/mol. The number of hydrogen-bond acceptors (Lipinski definition) is 4. The van der Waals surface area contributed by atoms with Crippen LogP contribution < -0.4 is 5.32 Å². The SMILES string of the molecule is O=C(NCCCCN1CCOCC1)c1cc2c(F)cccc2s1. The summed E-state index contributed by atoms with van der Waals surface area (Å²) < 4.78 is 19.8. The maximum Gasteiger partial charge on any atom is 0.261 e. The van der Waals surface area contributed by atoms with Crippen LogP contribution in [0.4, 0.5) is 4.39 Å². The molecule has 4 nitrogen and oxygen atoms in total. The van der Waals surface area contributed by atoms with Gasteiger partial charge < -0.3 is 10.1 Å². The molecular formula is C17H21FN2O2S. The van der Waals surface area contributed by atoms with E-state index in [9.17, 15) is 9.18 Å². The molecule has 0 spiro atoms. The summed E-state index contributed by atoms with van der Waals surface area (Å²) in [4.78, 5) is 15.1. The van der Waals surface area contributed by atoms with Gasteiger partial charge in [0.25, 0.3) is 5.91 Å². The summed E-state index contributed by atoms with van der Waals surface area (Å²) in [5.41, 5.74) is 0. The van der Waals surface area contributed by atoms with Crippen molar-refractivity contribution in [3.8, 4) is 0 Å². The zero-order valence-electron chi connectivity index (χ0n) is 13.0. The van der Waals surface area contributed by atoms with Crippen LogP contribution in [0.2, 0.25) is 0 Å². The standard InChI is InChI=1S/C17H21FN2O2S/c18-14-4-3-5-15-13(14)12-16(23-15)17(21)19-6-1-2-7-20-8-10-22-11-9-20/h3-5,12H,1-2,6-11H2,(H,19,21). The second-order valence-electron chi connectivity index (χ2n) is 5.68. The van der Waals surface area contributed by atoms with Crippen LogP contribution in [-0.4, -0.2) is 50.2 Å². The molecule has 2 heterocycles. The molecule has 0 saturated carbocycles. The lowest BCUT2D eigenvalue weighted by molar-refractivity contribution is 0.0372. The van der Waals surface area contributed by atoms with Gasteiger partial charge in [-0.3, -0.25) is 9.69 Å². The number of carbonyl (C=O) groups excluding carboxylic acids is 1. The molecule has 23 heavy (non-hydrogen) atoms. The monoisotopic (exact) mass is 336 g/mol. The number of amides is 1. The van der Waals surface area contributed by atoms with Crippen molar-refractivity contribution in [3.05, 3.63) is 35.0 Å². The van der Waals surface area contributed by atoms with Gasteiger partial charge in [0, 0.05) is 29.7 Å². The van der Waals surface area contributed by atoms with E-state index in [1.807, 2.05) is 6.07 Å². The molecule has 1 fully saturated rings. The third-order valence-electron chi connectivity index (χ3n) is 4.02. The number of benzene rings is 1. The van der Waals surface area contributed by atoms with E-state index in [1.165, 1.54) is 17.4 Å². The highest BCUT2D eigenvalue weighted by Crippen LogP contribution is 2.27. The van der Waals surface area contributed by atoms with Crippen molar-refractivity contribution in [2.45, 2.75) is 12.8 Å². The summed E-state index contributed by atoms with van der Waals surface area (Å²) in [6.45, 7) is 5.34. The lowest BCUT2D eigenvalue weighted by Crippen LogP contribution is -2.37. The molecule has 0 radical (unpaired) electrons. The number of morpholine rings is 1. The van der Waals surface area contributed by atoms with Crippen molar-refractivity contribution >= 4 is 27.3 Å². The molecule has 0 atom stereocenters. The Morgan fingerprint density at radius 3 is 2.91 bits per heavy atom. The molecule has 6 heteroatoms. The topological polar surface area (TPSA) is 41.6 Å². The quantitative estimate of drug-likeness (QED) is 0.825. The molecule has 1 amide bonds. The van der Waals surface area contributed by atoms with Gasteiger partial charge in [-0.05, 0) is 37.6 Å². The Morgan fingerprint density at radius 1 is 1.30 bits per heavy atom. The van der Waals surface area contributed by atoms with Crippen LogP contribution in [0.25, 0.3) is 10.1 Å². The molecule has 2 aromatic rings. The minimum Gasteiger partial charge on any atom is -0.379 e. The van der Waals surface area contributed by atoms with Crippen LogP contribution in [-0.2, 0) is 4.74 Å². The zero-order chi connectivity index (χ0) is 16.1. The fourth-order valence-corrected chi connectivity index (χ4v) is 3.70. The lowest BCUT2D eigenvalue weighted by atomic mass is 10.2. The molecule has 1 aromatic carbocycles. The van der Waals surface area contributed by atoms with Crippen LogP contribution >= 0.6 is 11.3 Å². The van der Waals surface area contributed by atoms with Gasteiger partial charge in [-0.2, -0.15) is 0 Å². The van der Waals surface area contributed by atoms with Gasteiger partial charge in [-0.25, -0.2) is 4.39 Å². The van der Waals surface area contributed by atoms with E-state index in [0.29, 0.717) is 16.8 Å². The predicted molar refractivity (Wildman–Crippen MR) is 90.6 cm³/mol. The first-order valence-corrected chi connectivity index (χ1v) is 8.82. The van der Waals surface area contributed by atoms with Gasteiger partial charge in [0.2, 0.25) is 0 Å². The van der Waals surface area contributed by atoms with E-state index in [2.05, 4.69) is 10.2 Å².